The molecular weight excluding hydrogens is 862 g/mol. The molecule has 0 bridgehead atoms. The number of unbranched alkanes of at least 4 members (excludes halogenated alkanes) is 42. The van der Waals surface area contributed by atoms with E-state index >= 15 is 0 Å². The summed E-state index contributed by atoms with van der Waals surface area (Å²) in [5.74, 6) is 0. The topological polar surface area (TPSA) is 0 Å². The maximum Gasteiger partial charge on any atom is -0.0533 e. The minimum atomic E-state index is 0. The van der Waals surface area contributed by atoms with Gasteiger partial charge in [-0.2, -0.15) is 0 Å². The number of hydrogen-bond donors (Lipinski definition) is 0. The molecule has 0 amide bonds. The van der Waals surface area contributed by atoms with Gasteiger partial charge < -0.3 is 0 Å². The fourth-order valence-corrected chi connectivity index (χ4v) is 7.24. The van der Waals surface area contributed by atoms with Crippen LogP contribution in [0.1, 0.15) is 391 Å². The van der Waals surface area contributed by atoms with Crippen LogP contribution >= 0.6 is 49.6 Å². The van der Waals surface area contributed by atoms with E-state index in [1.165, 1.54) is 308 Å². The van der Waals surface area contributed by atoms with Crippen LogP contribution in [-0.2, 0) is 0 Å². The van der Waals surface area contributed by atoms with Crippen LogP contribution < -0.4 is 0 Å². The lowest BCUT2D eigenvalue weighted by molar-refractivity contribution is 0.585. The summed E-state index contributed by atoms with van der Waals surface area (Å²) in [6.07, 6.45) is 68.8. The van der Waals surface area contributed by atoms with Crippen molar-refractivity contribution in [3.8, 4) is 0 Å². The van der Waals surface area contributed by atoms with Crippen molar-refractivity contribution < 1.29 is 0 Å². The molecule has 0 spiro atoms. The van der Waals surface area contributed by atoms with Crippen molar-refractivity contribution in [2.75, 3.05) is 0 Å². The van der Waals surface area contributed by atoms with Crippen molar-refractivity contribution in [2.45, 2.75) is 391 Å². The van der Waals surface area contributed by atoms with Gasteiger partial charge in [-0.15, -0.1) is 49.6 Å². The average Bonchev–Trinajstić information content (AvgIpc) is 3.27. The Balaban J connectivity index is -0.0000000675. The highest BCUT2D eigenvalue weighted by molar-refractivity contribution is 5.86. The SMILES string of the molecule is CCCCCCCCCC.CCCCCCCCCC.CCCCCCCCCC.CCCCCCCCCC.CCCCCCCCCC.CCCCCCCCCC.Cl.Cl.Cl.Cl. The average molecular weight is 1000 g/mol. The highest BCUT2D eigenvalue weighted by Crippen LogP contribution is 2.11. The van der Waals surface area contributed by atoms with Crippen molar-refractivity contribution in [3.05, 3.63) is 0 Å². The predicted molar refractivity (Wildman–Crippen MR) is 319 cm³/mol. The lowest BCUT2D eigenvalue weighted by Gasteiger charge is -1.97. The van der Waals surface area contributed by atoms with Gasteiger partial charge in [0.15, 0.2) is 0 Å². The molecule has 0 saturated heterocycles. The molecule has 0 atom stereocenters. The van der Waals surface area contributed by atoms with E-state index in [0.29, 0.717) is 0 Å². The third kappa shape index (κ3) is 131. The highest BCUT2D eigenvalue weighted by Gasteiger charge is 1.92. The minimum Gasteiger partial charge on any atom is -0.147 e. The monoisotopic (exact) mass is 997 g/mol. The molecule has 0 aromatic rings. The van der Waals surface area contributed by atoms with Crippen LogP contribution in [-0.4, -0.2) is 0 Å². The Labute approximate surface area is 438 Å². The molecule has 0 fully saturated rings. The van der Waals surface area contributed by atoms with Gasteiger partial charge in [-0.05, 0) is 0 Å². The second kappa shape index (κ2) is 106. The number of hydrogen-bond acceptors (Lipinski definition) is 0. The minimum absolute atomic E-state index is 0. The third-order valence-corrected chi connectivity index (χ3v) is 11.7. The van der Waals surface area contributed by atoms with Crippen molar-refractivity contribution in [1.29, 1.82) is 0 Å². The number of rotatable bonds is 42. The third-order valence-electron chi connectivity index (χ3n) is 11.7. The lowest BCUT2D eigenvalue weighted by atomic mass is 10.1. The molecule has 404 valence electrons. The van der Waals surface area contributed by atoms with Crippen molar-refractivity contribution in [3.63, 3.8) is 0 Å². The van der Waals surface area contributed by atoms with Gasteiger partial charge in [0.1, 0.15) is 0 Å². The van der Waals surface area contributed by atoms with Gasteiger partial charge in [0.2, 0.25) is 0 Å². The number of halogens is 4. The van der Waals surface area contributed by atoms with E-state index in [-0.39, 0.29) is 49.6 Å². The Bertz CT molecular complexity index is 386. The molecule has 0 unspecified atom stereocenters. The Morgan fingerprint density at radius 1 is 0.0938 bits per heavy atom. The van der Waals surface area contributed by atoms with Crippen LogP contribution in [0, 0.1) is 0 Å². The van der Waals surface area contributed by atoms with Crippen LogP contribution in [0.5, 0.6) is 0 Å². The van der Waals surface area contributed by atoms with E-state index < -0.39 is 0 Å². The molecule has 0 aliphatic heterocycles. The van der Waals surface area contributed by atoms with Crippen LogP contribution in [0.3, 0.4) is 0 Å². The molecule has 4 heteroatoms. The zero-order valence-electron chi connectivity index (χ0n) is 47.6. The van der Waals surface area contributed by atoms with Crippen LogP contribution in [0.4, 0.5) is 0 Å². The summed E-state index contributed by atoms with van der Waals surface area (Å²) in [7, 11) is 0. The maximum atomic E-state index is 2.27. The summed E-state index contributed by atoms with van der Waals surface area (Å²) in [5, 5.41) is 0. The fourth-order valence-electron chi connectivity index (χ4n) is 7.24. The van der Waals surface area contributed by atoms with Gasteiger partial charge in [0.25, 0.3) is 0 Å². The molecule has 64 heavy (non-hydrogen) atoms. The first-order chi connectivity index (χ1) is 29.5. The van der Waals surface area contributed by atoms with E-state index in [1.807, 2.05) is 0 Å². The second-order valence-electron chi connectivity index (χ2n) is 18.7. The van der Waals surface area contributed by atoms with E-state index in [2.05, 4.69) is 83.1 Å². The summed E-state index contributed by atoms with van der Waals surface area (Å²) in [5.41, 5.74) is 0. The second-order valence-corrected chi connectivity index (χ2v) is 18.7. The molecule has 0 nitrogen and oxygen atoms in total. The normalized spacial score (nSPS) is 9.56. The predicted octanol–water partition coefficient (Wildman–Crippen LogP) is 26.6. The van der Waals surface area contributed by atoms with Crippen molar-refractivity contribution in [1.82, 2.24) is 0 Å². The molecule has 0 radical (unpaired) electrons. The Hall–Kier alpha value is 1.16. The van der Waals surface area contributed by atoms with E-state index in [1.54, 1.807) is 0 Å². The summed E-state index contributed by atoms with van der Waals surface area (Å²) in [6, 6.07) is 0. The maximum absolute atomic E-state index is 2.27. The molecule has 0 heterocycles. The molecule has 0 aliphatic rings. The van der Waals surface area contributed by atoms with Crippen molar-refractivity contribution >= 4 is 49.6 Å². The van der Waals surface area contributed by atoms with Gasteiger partial charge >= 0.3 is 0 Å². The van der Waals surface area contributed by atoms with Gasteiger partial charge in [-0.25, -0.2) is 0 Å². The van der Waals surface area contributed by atoms with Gasteiger partial charge in [0, 0.05) is 0 Å². The van der Waals surface area contributed by atoms with Crippen LogP contribution in [0.15, 0.2) is 0 Å². The molecule has 0 saturated carbocycles. The summed E-state index contributed by atoms with van der Waals surface area (Å²) in [4.78, 5) is 0. The summed E-state index contributed by atoms with van der Waals surface area (Å²) >= 11 is 0. The molecule has 0 N–H and O–H groups in total. The molecule has 0 aromatic carbocycles. The highest BCUT2D eigenvalue weighted by atomic mass is 35.5. The Morgan fingerprint density at radius 3 is 0.188 bits per heavy atom. The Morgan fingerprint density at radius 2 is 0.141 bits per heavy atom. The van der Waals surface area contributed by atoms with E-state index in [0.717, 1.165) is 0 Å². The summed E-state index contributed by atoms with van der Waals surface area (Å²) < 4.78 is 0. The van der Waals surface area contributed by atoms with Gasteiger partial charge in [-0.3, -0.25) is 0 Å². The van der Waals surface area contributed by atoms with Gasteiger partial charge in [0.05, 0.1) is 0 Å². The standard InChI is InChI=1S/6C10H22.4ClH/c6*1-3-5-7-9-10-8-6-4-2;;;;/h6*3-10H2,1-2H3;4*1H. The van der Waals surface area contributed by atoms with Gasteiger partial charge in [-0.1, -0.05) is 391 Å². The quantitative estimate of drug-likeness (QED) is 0.0535. The first-order valence-corrected chi connectivity index (χ1v) is 29.5. The molecule has 0 aromatic heterocycles. The molecule has 0 aliphatic carbocycles. The van der Waals surface area contributed by atoms with E-state index in [4.69, 9.17) is 0 Å². The lowest BCUT2D eigenvalue weighted by Crippen LogP contribution is -1.77. The first kappa shape index (κ1) is 88.2. The van der Waals surface area contributed by atoms with E-state index in [9.17, 15) is 0 Å². The molecular formula is C60H136Cl4. The van der Waals surface area contributed by atoms with Crippen LogP contribution in [0.2, 0.25) is 0 Å². The first-order valence-electron chi connectivity index (χ1n) is 29.5. The zero-order chi connectivity index (χ0) is 45.9. The fraction of sp³-hybridized carbons (Fsp3) is 1.00. The smallest absolute Gasteiger partial charge is 0.0533 e. The van der Waals surface area contributed by atoms with Crippen LogP contribution in [0.25, 0.3) is 0 Å². The molecule has 0 rings (SSSR count). The largest absolute Gasteiger partial charge is 0.147 e. The van der Waals surface area contributed by atoms with Crippen molar-refractivity contribution in [2.24, 2.45) is 0 Å². The zero-order valence-corrected chi connectivity index (χ0v) is 50.8. The summed E-state index contributed by atoms with van der Waals surface area (Å²) in [6.45, 7) is 27.2. The Kier molecular flexibility index (Phi) is 146.